The summed E-state index contributed by atoms with van der Waals surface area (Å²) in [6.45, 7) is 0. The summed E-state index contributed by atoms with van der Waals surface area (Å²) in [5.41, 5.74) is 5.75. The van der Waals surface area contributed by atoms with E-state index >= 15 is 0 Å². The van der Waals surface area contributed by atoms with Crippen LogP contribution in [-0.4, -0.2) is 21.0 Å². The van der Waals surface area contributed by atoms with Crippen molar-refractivity contribution in [2.45, 2.75) is 0 Å². The van der Waals surface area contributed by atoms with E-state index in [4.69, 9.17) is 27.5 Å². The molecule has 2 rings (SSSR count). The van der Waals surface area contributed by atoms with Gasteiger partial charge in [0.05, 0.1) is 23.0 Å². The summed E-state index contributed by atoms with van der Waals surface area (Å²) in [6.07, 6.45) is 4.39. The van der Waals surface area contributed by atoms with Gasteiger partial charge in [0, 0.05) is 12.3 Å². The molecule has 0 fully saturated rings. The molecule has 2 heterocycles. The highest BCUT2D eigenvalue weighted by atomic mass is 35.5. The molecule has 3 N–H and O–H groups in total. The zero-order chi connectivity index (χ0) is 12.3. The van der Waals surface area contributed by atoms with Crippen molar-refractivity contribution < 1.29 is 4.74 Å². The molecule has 2 aromatic heterocycles. The van der Waals surface area contributed by atoms with E-state index in [-0.39, 0.29) is 11.7 Å². The Bertz CT molecular complexity index is 560. The molecule has 86 valence electrons. The van der Waals surface area contributed by atoms with Gasteiger partial charge in [-0.05, 0) is 6.07 Å². The van der Waals surface area contributed by atoms with Gasteiger partial charge in [0.15, 0.2) is 0 Å². The summed E-state index contributed by atoms with van der Waals surface area (Å²) >= 11 is 5.77. The summed E-state index contributed by atoms with van der Waals surface area (Å²) in [4.78, 5) is 3.86. The maximum Gasteiger partial charge on any atom is 0.249 e. The molecule has 17 heavy (non-hydrogen) atoms. The number of ether oxygens (including phenoxy) is 1. The van der Waals surface area contributed by atoms with Crippen LogP contribution in [0.5, 0.6) is 11.6 Å². The van der Waals surface area contributed by atoms with Crippen LogP contribution in [0.4, 0.5) is 0 Å². The fourth-order valence-electron chi connectivity index (χ4n) is 1.16. The Hall–Kier alpha value is -2.21. The highest BCUT2D eigenvalue weighted by Gasteiger charge is 2.09. The fourth-order valence-corrected chi connectivity index (χ4v) is 1.32. The lowest BCUT2D eigenvalue weighted by atomic mass is 10.3. The summed E-state index contributed by atoms with van der Waals surface area (Å²) in [6, 6.07) is 3.12. The second-order valence-electron chi connectivity index (χ2n) is 3.10. The molecule has 2 aromatic rings. The van der Waals surface area contributed by atoms with Crippen LogP contribution in [0.1, 0.15) is 5.56 Å². The lowest BCUT2D eigenvalue weighted by molar-refractivity contribution is 0.452. The maximum atomic E-state index is 7.37. The van der Waals surface area contributed by atoms with Gasteiger partial charge >= 0.3 is 0 Å². The van der Waals surface area contributed by atoms with Crippen LogP contribution in [0.2, 0.25) is 5.02 Å². The predicted octanol–water partition coefficient (Wildman–Crippen LogP) is 1.60. The summed E-state index contributed by atoms with van der Waals surface area (Å²) in [7, 11) is 0. The SMILES string of the molecule is N=C(N)c1ccnnc1Oc1cncc(Cl)c1. The van der Waals surface area contributed by atoms with Gasteiger partial charge in [0.1, 0.15) is 11.6 Å². The number of aromatic nitrogens is 3. The Kier molecular flexibility index (Phi) is 3.15. The molecule has 7 heteroatoms. The third kappa shape index (κ3) is 2.67. The van der Waals surface area contributed by atoms with E-state index in [0.717, 1.165) is 0 Å². The average molecular weight is 250 g/mol. The number of nitrogens with two attached hydrogens (primary N) is 1. The second kappa shape index (κ2) is 4.75. The van der Waals surface area contributed by atoms with E-state index in [9.17, 15) is 0 Å². The van der Waals surface area contributed by atoms with E-state index in [2.05, 4.69) is 15.2 Å². The van der Waals surface area contributed by atoms with Gasteiger partial charge in [-0.1, -0.05) is 11.6 Å². The van der Waals surface area contributed by atoms with Crippen molar-refractivity contribution >= 4 is 17.4 Å². The first-order chi connectivity index (χ1) is 8.16. The first kappa shape index (κ1) is 11.3. The molecule has 0 amide bonds. The molecule has 0 spiro atoms. The Balaban J connectivity index is 2.33. The lowest BCUT2D eigenvalue weighted by Crippen LogP contribution is -2.13. The van der Waals surface area contributed by atoms with Gasteiger partial charge in [0.2, 0.25) is 5.88 Å². The second-order valence-corrected chi connectivity index (χ2v) is 3.54. The van der Waals surface area contributed by atoms with Crippen LogP contribution in [0.25, 0.3) is 0 Å². The number of nitrogens with zero attached hydrogens (tertiary/aromatic N) is 3. The molecule has 0 atom stereocenters. The van der Waals surface area contributed by atoms with Crippen molar-refractivity contribution in [3.63, 3.8) is 0 Å². The van der Waals surface area contributed by atoms with Crippen molar-refractivity contribution in [2.75, 3.05) is 0 Å². The number of nitrogen functional groups attached to an aromatic ring is 1. The summed E-state index contributed by atoms with van der Waals surface area (Å²) in [5.74, 6) is 0.398. The fraction of sp³-hybridized carbons (Fsp3) is 0. The molecule has 0 saturated carbocycles. The Labute approximate surface area is 102 Å². The van der Waals surface area contributed by atoms with Gasteiger partial charge in [-0.25, -0.2) is 0 Å². The van der Waals surface area contributed by atoms with Crippen molar-refractivity contribution in [1.82, 2.24) is 15.2 Å². The number of hydrogen-bond donors (Lipinski definition) is 2. The van der Waals surface area contributed by atoms with Gasteiger partial charge in [0.25, 0.3) is 0 Å². The van der Waals surface area contributed by atoms with Crippen LogP contribution in [-0.2, 0) is 0 Å². The third-order valence-electron chi connectivity index (χ3n) is 1.87. The van der Waals surface area contributed by atoms with Crippen LogP contribution in [0, 0.1) is 5.41 Å². The number of halogens is 1. The van der Waals surface area contributed by atoms with Crippen molar-refractivity contribution in [2.24, 2.45) is 5.73 Å². The molecule has 0 aliphatic heterocycles. The quantitative estimate of drug-likeness (QED) is 0.636. The third-order valence-corrected chi connectivity index (χ3v) is 2.08. The number of amidine groups is 1. The lowest BCUT2D eigenvalue weighted by Gasteiger charge is -2.07. The number of rotatable bonds is 3. The number of pyridine rings is 1. The molecule has 0 radical (unpaired) electrons. The monoisotopic (exact) mass is 249 g/mol. The average Bonchev–Trinajstić information content (AvgIpc) is 2.29. The highest BCUT2D eigenvalue weighted by Crippen LogP contribution is 2.23. The first-order valence-electron chi connectivity index (χ1n) is 4.61. The van der Waals surface area contributed by atoms with Crippen molar-refractivity contribution in [1.29, 1.82) is 5.41 Å². The van der Waals surface area contributed by atoms with Crippen molar-refractivity contribution in [3.05, 3.63) is 41.3 Å². The standard InChI is InChI=1S/C10H8ClN5O/c11-6-3-7(5-14-4-6)17-10-8(9(12)13)1-2-15-16-10/h1-5H,(H3,12,13). The number of hydrogen-bond acceptors (Lipinski definition) is 5. The van der Waals surface area contributed by atoms with Crippen LogP contribution in [0.15, 0.2) is 30.7 Å². The molecule has 6 nitrogen and oxygen atoms in total. The molecule has 0 aromatic carbocycles. The molecule has 0 bridgehead atoms. The molecular weight excluding hydrogens is 242 g/mol. The summed E-state index contributed by atoms with van der Waals surface area (Å²) in [5, 5.41) is 15.2. The largest absolute Gasteiger partial charge is 0.435 e. The van der Waals surface area contributed by atoms with E-state index in [0.29, 0.717) is 16.3 Å². The molecule has 0 aliphatic rings. The predicted molar refractivity (Wildman–Crippen MR) is 62.4 cm³/mol. The minimum absolute atomic E-state index is 0.143. The van der Waals surface area contributed by atoms with Gasteiger partial charge in [-0.3, -0.25) is 10.4 Å². The highest BCUT2D eigenvalue weighted by molar-refractivity contribution is 6.30. The zero-order valence-corrected chi connectivity index (χ0v) is 9.35. The van der Waals surface area contributed by atoms with Gasteiger partial charge in [-0.15, -0.1) is 5.10 Å². The minimum atomic E-state index is -0.148. The Morgan fingerprint density at radius 2 is 2.24 bits per heavy atom. The van der Waals surface area contributed by atoms with E-state index in [1.165, 1.54) is 18.6 Å². The van der Waals surface area contributed by atoms with Crippen LogP contribution in [0.3, 0.4) is 0 Å². The Morgan fingerprint density at radius 3 is 2.94 bits per heavy atom. The summed E-state index contributed by atoms with van der Waals surface area (Å²) < 4.78 is 5.41. The molecule has 0 saturated heterocycles. The molecule has 0 aliphatic carbocycles. The zero-order valence-electron chi connectivity index (χ0n) is 8.59. The van der Waals surface area contributed by atoms with E-state index in [1.54, 1.807) is 12.1 Å². The smallest absolute Gasteiger partial charge is 0.249 e. The number of nitrogens with one attached hydrogen (secondary N) is 1. The molecule has 0 unspecified atom stereocenters. The van der Waals surface area contributed by atoms with Crippen molar-refractivity contribution in [3.8, 4) is 11.6 Å². The maximum absolute atomic E-state index is 7.37. The normalized spacial score (nSPS) is 9.94. The van der Waals surface area contributed by atoms with E-state index < -0.39 is 0 Å². The van der Waals surface area contributed by atoms with Gasteiger partial charge < -0.3 is 10.5 Å². The van der Waals surface area contributed by atoms with Crippen LogP contribution >= 0.6 is 11.6 Å². The Morgan fingerprint density at radius 1 is 1.41 bits per heavy atom. The van der Waals surface area contributed by atoms with Crippen LogP contribution < -0.4 is 10.5 Å². The van der Waals surface area contributed by atoms with E-state index in [1.807, 2.05) is 0 Å². The van der Waals surface area contributed by atoms with Gasteiger partial charge in [-0.2, -0.15) is 5.10 Å². The first-order valence-corrected chi connectivity index (χ1v) is 4.99. The molecular formula is C10H8ClN5O. The minimum Gasteiger partial charge on any atom is -0.435 e. The topological polar surface area (TPSA) is 97.8 Å².